The molecule has 0 atom stereocenters. The summed E-state index contributed by atoms with van der Waals surface area (Å²) in [7, 11) is 0. The summed E-state index contributed by atoms with van der Waals surface area (Å²) in [6.45, 7) is 0. The van der Waals surface area contributed by atoms with Crippen LogP contribution in [0.4, 0.5) is 5.82 Å². The van der Waals surface area contributed by atoms with Crippen molar-refractivity contribution in [2.45, 2.75) is 0 Å². The van der Waals surface area contributed by atoms with Gasteiger partial charge in [0, 0.05) is 11.8 Å². The number of pyridine rings is 1. The van der Waals surface area contributed by atoms with Crippen LogP contribution in [0.15, 0.2) is 66.9 Å². The molecule has 3 aromatic rings. The minimum Gasteiger partial charge on any atom is -0.383 e. The van der Waals surface area contributed by atoms with Crippen molar-refractivity contribution < 1.29 is 4.79 Å². The van der Waals surface area contributed by atoms with Gasteiger partial charge in [-0.25, -0.2) is 4.98 Å². The predicted octanol–water partition coefficient (Wildman–Crippen LogP) is 3.81. The highest BCUT2D eigenvalue weighted by Gasteiger charge is 2.04. The molecule has 0 radical (unpaired) electrons. The van der Waals surface area contributed by atoms with E-state index in [-0.39, 0.29) is 5.82 Å². The van der Waals surface area contributed by atoms with Crippen LogP contribution in [-0.2, 0) is 0 Å². The molecule has 2 aromatic carbocycles. The van der Waals surface area contributed by atoms with E-state index < -0.39 is 0 Å². The molecule has 1 aromatic heterocycles. The van der Waals surface area contributed by atoms with Crippen LogP contribution in [0.5, 0.6) is 0 Å². The van der Waals surface area contributed by atoms with Crippen LogP contribution in [-0.4, -0.2) is 11.3 Å². The number of nitrogens with zero attached hydrogens (tertiary/aromatic N) is 1. The first-order valence-electron chi connectivity index (χ1n) is 6.64. The third kappa shape index (κ3) is 2.67. The van der Waals surface area contributed by atoms with Gasteiger partial charge in [-0.3, -0.25) is 4.79 Å². The SMILES string of the molecule is Nc1ncc(-c2ccc(-c3ccccc3)cc2)cc1C=O. The number of carbonyl (C=O) groups excluding carboxylic acids is 1. The van der Waals surface area contributed by atoms with Gasteiger partial charge >= 0.3 is 0 Å². The first kappa shape index (κ1) is 13.1. The highest BCUT2D eigenvalue weighted by Crippen LogP contribution is 2.25. The van der Waals surface area contributed by atoms with Gasteiger partial charge in [-0.15, -0.1) is 0 Å². The molecule has 102 valence electrons. The lowest BCUT2D eigenvalue weighted by Gasteiger charge is -2.06. The molecule has 0 aliphatic carbocycles. The number of carbonyl (C=O) groups is 1. The smallest absolute Gasteiger partial charge is 0.153 e. The normalized spacial score (nSPS) is 10.3. The zero-order chi connectivity index (χ0) is 14.7. The van der Waals surface area contributed by atoms with E-state index in [2.05, 4.69) is 29.2 Å². The summed E-state index contributed by atoms with van der Waals surface area (Å²) < 4.78 is 0. The maximum Gasteiger partial charge on any atom is 0.153 e. The number of aromatic nitrogens is 1. The Morgan fingerprint density at radius 2 is 1.38 bits per heavy atom. The van der Waals surface area contributed by atoms with Gasteiger partial charge < -0.3 is 5.73 Å². The average molecular weight is 274 g/mol. The second-order valence-corrected chi connectivity index (χ2v) is 4.76. The zero-order valence-electron chi connectivity index (χ0n) is 11.4. The molecule has 3 rings (SSSR count). The van der Waals surface area contributed by atoms with Crippen LogP contribution in [0.2, 0.25) is 0 Å². The van der Waals surface area contributed by atoms with Crippen molar-refractivity contribution in [3.05, 3.63) is 72.4 Å². The van der Waals surface area contributed by atoms with Crippen molar-refractivity contribution in [2.24, 2.45) is 0 Å². The first-order valence-corrected chi connectivity index (χ1v) is 6.64. The largest absolute Gasteiger partial charge is 0.383 e. The Labute approximate surface area is 123 Å². The molecule has 0 bridgehead atoms. The summed E-state index contributed by atoms with van der Waals surface area (Å²) in [5, 5.41) is 0. The van der Waals surface area contributed by atoms with E-state index in [1.165, 1.54) is 5.56 Å². The number of aldehydes is 1. The summed E-state index contributed by atoms with van der Waals surface area (Å²) in [6, 6.07) is 20.1. The molecule has 2 N–H and O–H groups in total. The van der Waals surface area contributed by atoms with Gasteiger partial charge in [-0.1, -0.05) is 54.6 Å². The Kier molecular flexibility index (Phi) is 3.48. The standard InChI is InChI=1S/C18H14N2O/c19-18-17(12-21)10-16(11-20-18)15-8-6-14(7-9-15)13-4-2-1-3-5-13/h1-12H,(H2,19,20). The van der Waals surface area contributed by atoms with Gasteiger partial charge in [0.05, 0.1) is 5.56 Å². The first-order chi connectivity index (χ1) is 10.3. The Balaban J connectivity index is 1.96. The molecule has 0 saturated heterocycles. The third-order valence-electron chi connectivity index (χ3n) is 3.40. The van der Waals surface area contributed by atoms with Gasteiger partial charge in [0.25, 0.3) is 0 Å². The highest BCUT2D eigenvalue weighted by atomic mass is 16.1. The lowest BCUT2D eigenvalue weighted by atomic mass is 10.0. The fourth-order valence-corrected chi connectivity index (χ4v) is 2.23. The van der Waals surface area contributed by atoms with E-state index in [0.29, 0.717) is 5.56 Å². The molecule has 0 fully saturated rings. The van der Waals surface area contributed by atoms with E-state index in [9.17, 15) is 4.79 Å². The number of benzene rings is 2. The Hall–Kier alpha value is -2.94. The zero-order valence-corrected chi connectivity index (χ0v) is 11.4. The van der Waals surface area contributed by atoms with E-state index in [1.807, 2.05) is 30.3 Å². The van der Waals surface area contributed by atoms with Crippen LogP contribution in [0.1, 0.15) is 10.4 Å². The summed E-state index contributed by atoms with van der Waals surface area (Å²) in [6.07, 6.45) is 2.41. The average Bonchev–Trinajstić information content (AvgIpc) is 2.56. The fraction of sp³-hybridized carbons (Fsp3) is 0. The second kappa shape index (κ2) is 5.59. The van der Waals surface area contributed by atoms with Gasteiger partial charge in [-0.05, 0) is 22.8 Å². The maximum absolute atomic E-state index is 10.9. The molecule has 0 aliphatic rings. The van der Waals surface area contributed by atoms with E-state index in [1.54, 1.807) is 12.3 Å². The minimum atomic E-state index is 0.259. The molecule has 0 spiro atoms. The number of hydrogen-bond donors (Lipinski definition) is 1. The molecule has 21 heavy (non-hydrogen) atoms. The van der Waals surface area contributed by atoms with Gasteiger partial charge in [0.1, 0.15) is 5.82 Å². The summed E-state index contributed by atoms with van der Waals surface area (Å²) in [5.41, 5.74) is 10.3. The number of nitrogen functional groups attached to an aromatic ring is 1. The van der Waals surface area contributed by atoms with Crippen molar-refractivity contribution in [3.8, 4) is 22.3 Å². The lowest BCUT2D eigenvalue weighted by Crippen LogP contribution is -1.96. The molecular weight excluding hydrogens is 260 g/mol. The number of rotatable bonds is 3. The van der Waals surface area contributed by atoms with Crippen molar-refractivity contribution in [1.29, 1.82) is 0 Å². The quantitative estimate of drug-likeness (QED) is 0.739. The molecule has 0 amide bonds. The van der Waals surface area contributed by atoms with E-state index >= 15 is 0 Å². The van der Waals surface area contributed by atoms with Crippen molar-refractivity contribution >= 4 is 12.1 Å². The van der Waals surface area contributed by atoms with Crippen LogP contribution < -0.4 is 5.73 Å². The summed E-state index contributed by atoms with van der Waals surface area (Å²) >= 11 is 0. The molecule has 1 heterocycles. The van der Waals surface area contributed by atoms with Crippen LogP contribution in [0.3, 0.4) is 0 Å². The van der Waals surface area contributed by atoms with E-state index in [0.717, 1.165) is 23.0 Å². The van der Waals surface area contributed by atoms with Crippen molar-refractivity contribution in [3.63, 3.8) is 0 Å². The van der Waals surface area contributed by atoms with Crippen molar-refractivity contribution in [1.82, 2.24) is 4.98 Å². The Bertz CT molecular complexity index is 765. The minimum absolute atomic E-state index is 0.259. The van der Waals surface area contributed by atoms with Crippen LogP contribution in [0, 0.1) is 0 Å². The Morgan fingerprint density at radius 3 is 2.00 bits per heavy atom. The second-order valence-electron chi connectivity index (χ2n) is 4.76. The van der Waals surface area contributed by atoms with E-state index in [4.69, 9.17) is 5.73 Å². The Morgan fingerprint density at radius 1 is 0.810 bits per heavy atom. The number of anilines is 1. The van der Waals surface area contributed by atoms with Gasteiger partial charge in [0.2, 0.25) is 0 Å². The van der Waals surface area contributed by atoms with Gasteiger partial charge in [-0.2, -0.15) is 0 Å². The molecule has 0 unspecified atom stereocenters. The molecule has 3 heteroatoms. The molecule has 0 aliphatic heterocycles. The highest BCUT2D eigenvalue weighted by molar-refractivity contribution is 5.84. The molecule has 3 nitrogen and oxygen atoms in total. The lowest BCUT2D eigenvalue weighted by molar-refractivity contribution is 0.112. The maximum atomic E-state index is 10.9. The molecular formula is C18H14N2O. The monoisotopic (exact) mass is 274 g/mol. The predicted molar refractivity (Wildman–Crippen MR) is 84.9 cm³/mol. The van der Waals surface area contributed by atoms with Gasteiger partial charge in [0.15, 0.2) is 6.29 Å². The number of hydrogen-bond acceptors (Lipinski definition) is 3. The summed E-state index contributed by atoms with van der Waals surface area (Å²) in [4.78, 5) is 15.0. The fourth-order valence-electron chi connectivity index (χ4n) is 2.23. The third-order valence-corrected chi connectivity index (χ3v) is 3.40. The number of nitrogens with two attached hydrogens (primary N) is 1. The molecule has 0 saturated carbocycles. The topological polar surface area (TPSA) is 56.0 Å². The summed E-state index contributed by atoms with van der Waals surface area (Å²) in [5.74, 6) is 0.259. The van der Waals surface area contributed by atoms with Crippen LogP contribution >= 0.6 is 0 Å². The van der Waals surface area contributed by atoms with Crippen molar-refractivity contribution in [2.75, 3.05) is 5.73 Å². The van der Waals surface area contributed by atoms with Crippen LogP contribution in [0.25, 0.3) is 22.3 Å².